The van der Waals surface area contributed by atoms with Crippen LogP contribution in [0.2, 0.25) is 0 Å². The van der Waals surface area contributed by atoms with Gasteiger partial charge in [-0.25, -0.2) is 0 Å². The molecule has 1 rings (SSSR count). The van der Waals surface area contributed by atoms with Gasteiger partial charge in [-0.15, -0.1) is 0 Å². The van der Waals surface area contributed by atoms with Gasteiger partial charge in [0.05, 0.1) is 0 Å². The molecule has 0 unspecified atom stereocenters. The first kappa shape index (κ1) is 10.7. The fourth-order valence-electron chi connectivity index (χ4n) is 1.62. The Balaban J connectivity index is 0.000000461. The molecule has 0 N–H and O–H groups in total. The van der Waals surface area contributed by atoms with Crippen molar-refractivity contribution in [3.8, 4) is 0 Å². The van der Waals surface area contributed by atoms with Crippen molar-refractivity contribution in [1.82, 2.24) is 0 Å². The van der Waals surface area contributed by atoms with Crippen molar-refractivity contribution < 1.29 is 0 Å². The second-order valence-corrected chi connectivity index (χ2v) is 3.01. The summed E-state index contributed by atoms with van der Waals surface area (Å²) in [6.45, 7) is 8.41. The summed E-state index contributed by atoms with van der Waals surface area (Å²) in [5.74, 6) is 0.940. The summed E-state index contributed by atoms with van der Waals surface area (Å²) in [7, 11) is 0. The minimum Gasteiger partial charge on any atom is -0.0885 e. The molecule has 0 saturated heterocycles. The van der Waals surface area contributed by atoms with E-state index in [1.807, 2.05) is 13.8 Å². The highest BCUT2D eigenvalue weighted by molar-refractivity contribution is 5.03. The van der Waals surface area contributed by atoms with Crippen molar-refractivity contribution >= 4 is 0 Å². The Morgan fingerprint density at radius 1 is 1.18 bits per heavy atom. The maximum Gasteiger partial charge on any atom is -0.0206 e. The van der Waals surface area contributed by atoms with E-state index in [4.69, 9.17) is 0 Å². The number of hydrogen-bond acceptors (Lipinski definition) is 0. The van der Waals surface area contributed by atoms with Gasteiger partial charge < -0.3 is 0 Å². The lowest BCUT2D eigenvalue weighted by molar-refractivity contribution is 0.641. The maximum atomic E-state index is 2.26. The SMILES string of the molecule is CC.CC=C(C)C1CCCC1. The Bertz CT molecular complexity index is 105. The molecule has 1 saturated carbocycles. The van der Waals surface area contributed by atoms with Crippen LogP contribution >= 0.6 is 0 Å². The second-order valence-electron chi connectivity index (χ2n) is 3.01. The Labute approximate surface area is 71.7 Å². The highest BCUT2D eigenvalue weighted by Crippen LogP contribution is 2.30. The van der Waals surface area contributed by atoms with Gasteiger partial charge in [-0.3, -0.25) is 0 Å². The van der Waals surface area contributed by atoms with Gasteiger partial charge in [0.1, 0.15) is 0 Å². The molecule has 11 heavy (non-hydrogen) atoms. The third-order valence-electron chi connectivity index (χ3n) is 2.45. The van der Waals surface area contributed by atoms with Crippen LogP contribution in [0.4, 0.5) is 0 Å². The molecule has 66 valence electrons. The number of rotatable bonds is 1. The zero-order chi connectivity index (χ0) is 8.69. The van der Waals surface area contributed by atoms with Crippen LogP contribution in [0.3, 0.4) is 0 Å². The van der Waals surface area contributed by atoms with Gasteiger partial charge in [0, 0.05) is 0 Å². The van der Waals surface area contributed by atoms with E-state index in [9.17, 15) is 0 Å². The van der Waals surface area contributed by atoms with E-state index >= 15 is 0 Å². The lowest BCUT2D eigenvalue weighted by Crippen LogP contribution is -1.92. The van der Waals surface area contributed by atoms with E-state index in [2.05, 4.69) is 19.9 Å². The molecule has 0 heteroatoms. The van der Waals surface area contributed by atoms with Gasteiger partial charge in [0.2, 0.25) is 0 Å². The molecule has 0 aliphatic heterocycles. The van der Waals surface area contributed by atoms with Crippen molar-refractivity contribution in [2.45, 2.75) is 53.4 Å². The van der Waals surface area contributed by atoms with E-state index in [-0.39, 0.29) is 0 Å². The molecular formula is C11H22. The van der Waals surface area contributed by atoms with E-state index in [1.165, 1.54) is 25.7 Å². The lowest BCUT2D eigenvalue weighted by Gasteiger charge is -2.07. The molecule has 0 heterocycles. The van der Waals surface area contributed by atoms with E-state index in [0.29, 0.717) is 0 Å². The molecule has 0 spiro atoms. The molecule has 0 radical (unpaired) electrons. The van der Waals surface area contributed by atoms with Crippen molar-refractivity contribution in [2.75, 3.05) is 0 Å². The van der Waals surface area contributed by atoms with Gasteiger partial charge in [0.15, 0.2) is 0 Å². The normalized spacial score (nSPS) is 19.5. The topological polar surface area (TPSA) is 0 Å². The molecule has 0 aromatic heterocycles. The number of allylic oxidation sites excluding steroid dienone is 2. The predicted molar refractivity (Wildman–Crippen MR) is 52.7 cm³/mol. The average Bonchev–Trinajstić information content (AvgIpc) is 2.59. The fraction of sp³-hybridized carbons (Fsp3) is 0.818. The standard InChI is InChI=1S/C9H16.C2H6/c1-3-8(2)9-6-4-5-7-9;1-2/h3,9H,4-7H2,1-2H3;1-2H3. The van der Waals surface area contributed by atoms with Crippen LogP contribution in [0.25, 0.3) is 0 Å². The maximum absolute atomic E-state index is 2.26. The molecule has 0 aromatic rings. The molecular weight excluding hydrogens is 132 g/mol. The molecule has 1 aliphatic carbocycles. The Morgan fingerprint density at radius 2 is 1.64 bits per heavy atom. The molecule has 1 aliphatic rings. The lowest BCUT2D eigenvalue weighted by atomic mass is 9.99. The van der Waals surface area contributed by atoms with Crippen LogP contribution < -0.4 is 0 Å². The van der Waals surface area contributed by atoms with Gasteiger partial charge in [0.25, 0.3) is 0 Å². The summed E-state index contributed by atoms with van der Waals surface area (Å²) in [6.07, 6.45) is 8.05. The van der Waals surface area contributed by atoms with Crippen molar-refractivity contribution in [1.29, 1.82) is 0 Å². The Morgan fingerprint density at radius 3 is 2.00 bits per heavy atom. The fourth-order valence-corrected chi connectivity index (χ4v) is 1.62. The predicted octanol–water partition coefficient (Wildman–Crippen LogP) is 4.17. The zero-order valence-electron chi connectivity index (χ0n) is 8.48. The summed E-state index contributed by atoms with van der Waals surface area (Å²) >= 11 is 0. The molecule has 0 aromatic carbocycles. The molecule has 0 bridgehead atoms. The smallest absolute Gasteiger partial charge is 0.0206 e. The van der Waals surface area contributed by atoms with E-state index in [0.717, 1.165) is 5.92 Å². The van der Waals surface area contributed by atoms with Gasteiger partial charge in [-0.2, -0.15) is 0 Å². The minimum atomic E-state index is 0.940. The van der Waals surface area contributed by atoms with Crippen LogP contribution in [-0.4, -0.2) is 0 Å². The van der Waals surface area contributed by atoms with Crippen molar-refractivity contribution in [3.63, 3.8) is 0 Å². The second kappa shape index (κ2) is 6.45. The average molecular weight is 154 g/mol. The van der Waals surface area contributed by atoms with Crippen LogP contribution in [-0.2, 0) is 0 Å². The quantitative estimate of drug-likeness (QED) is 0.497. The third-order valence-corrected chi connectivity index (χ3v) is 2.45. The van der Waals surface area contributed by atoms with E-state index < -0.39 is 0 Å². The van der Waals surface area contributed by atoms with Crippen LogP contribution in [0.1, 0.15) is 53.4 Å². The molecule has 1 fully saturated rings. The van der Waals surface area contributed by atoms with E-state index in [1.54, 1.807) is 5.57 Å². The van der Waals surface area contributed by atoms with Crippen molar-refractivity contribution in [2.24, 2.45) is 5.92 Å². The van der Waals surface area contributed by atoms with Crippen LogP contribution in [0.15, 0.2) is 11.6 Å². The summed E-state index contributed by atoms with van der Waals surface area (Å²) in [6, 6.07) is 0. The van der Waals surface area contributed by atoms with Gasteiger partial charge >= 0.3 is 0 Å². The number of hydrogen-bond donors (Lipinski definition) is 0. The van der Waals surface area contributed by atoms with Gasteiger partial charge in [-0.1, -0.05) is 38.3 Å². The van der Waals surface area contributed by atoms with Crippen molar-refractivity contribution in [3.05, 3.63) is 11.6 Å². The first-order valence-corrected chi connectivity index (χ1v) is 4.97. The minimum absolute atomic E-state index is 0.940. The van der Waals surface area contributed by atoms with Gasteiger partial charge in [-0.05, 0) is 32.6 Å². The monoisotopic (exact) mass is 154 g/mol. The molecule has 0 nitrogen and oxygen atoms in total. The molecule has 0 amide bonds. The third kappa shape index (κ3) is 3.60. The largest absolute Gasteiger partial charge is 0.0885 e. The highest BCUT2D eigenvalue weighted by Gasteiger charge is 2.14. The Hall–Kier alpha value is -0.260. The van der Waals surface area contributed by atoms with Crippen LogP contribution in [0, 0.1) is 5.92 Å². The summed E-state index contributed by atoms with van der Waals surface area (Å²) in [4.78, 5) is 0. The Kier molecular flexibility index (Phi) is 6.30. The summed E-state index contributed by atoms with van der Waals surface area (Å²) in [5.41, 5.74) is 1.60. The zero-order valence-corrected chi connectivity index (χ0v) is 8.48. The first-order chi connectivity index (χ1) is 5.34. The summed E-state index contributed by atoms with van der Waals surface area (Å²) < 4.78 is 0. The van der Waals surface area contributed by atoms with Crippen LogP contribution in [0.5, 0.6) is 0 Å². The highest BCUT2D eigenvalue weighted by atomic mass is 14.2. The summed E-state index contributed by atoms with van der Waals surface area (Å²) in [5, 5.41) is 0. The molecule has 0 atom stereocenters. The first-order valence-electron chi connectivity index (χ1n) is 4.97.